The number of carbonyl (C=O) groups is 1. The van der Waals surface area contributed by atoms with E-state index in [1.807, 2.05) is 6.07 Å². The van der Waals surface area contributed by atoms with E-state index in [0.29, 0.717) is 5.56 Å². The first-order valence-corrected chi connectivity index (χ1v) is 4.40. The molecule has 2 rings (SSSR count). The van der Waals surface area contributed by atoms with Crippen LogP contribution in [0.4, 0.5) is 0 Å². The van der Waals surface area contributed by atoms with Gasteiger partial charge in [-0.2, -0.15) is 0 Å². The Morgan fingerprint density at radius 1 is 1.00 bits per heavy atom. The van der Waals surface area contributed by atoms with Crippen LogP contribution in [0, 0.1) is 0 Å². The van der Waals surface area contributed by atoms with Crippen LogP contribution in [0.2, 0.25) is 0 Å². The van der Waals surface area contributed by atoms with E-state index in [4.69, 9.17) is 4.74 Å². The van der Waals surface area contributed by atoms with Crippen molar-refractivity contribution in [3.63, 3.8) is 0 Å². The van der Waals surface area contributed by atoms with Crippen LogP contribution in [0.1, 0.15) is 10.4 Å². The maximum Gasteiger partial charge on any atom is 0.345 e. The summed E-state index contributed by atoms with van der Waals surface area (Å²) in [6.07, 6.45) is 3.03. The first-order valence-electron chi connectivity index (χ1n) is 4.40. The zero-order valence-electron chi connectivity index (χ0n) is 7.83. The predicted octanol–water partition coefficient (Wildman–Crippen LogP) is 1.70. The van der Waals surface area contributed by atoms with Crippen molar-refractivity contribution in [2.24, 2.45) is 0 Å². The Bertz CT molecular complexity index is 443. The van der Waals surface area contributed by atoms with Crippen molar-refractivity contribution in [1.29, 1.82) is 0 Å². The third kappa shape index (κ3) is 2.37. The predicted molar refractivity (Wildman–Crippen MR) is 53.4 cm³/mol. The number of hydrogen-bond donors (Lipinski definition) is 0. The Labute approximate surface area is 86.6 Å². The zero-order chi connectivity index (χ0) is 10.5. The summed E-state index contributed by atoms with van der Waals surface area (Å²) in [6.45, 7) is 0. The molecule has 1 aromatic carbocycles. The second-order valence-corrected chi connectivity index (χ2v) is 2.79. The van der Waals surface area contributed by atoms with Gasteiger partial charge in [0.2, 0.25) is 0 Å². The van der Waals surface area contributed by atoms with Crippen molar-refractivity contribution >= 4 is 5.97 Å². The van der Waals surface area contributed by atoms with E-state index >= 15 is 0 Å². The Morgan fingerprint density at radius 2 is 1.67 bits per heavy atom. The van der Waals surface area contributed by atoms with Gasteiger partial charge in [-0.05, 0) is 18.2 Å². The average Bonchev–Trinajstić information content (AvgIpc) is 2.31. The van der Waals surface area contributed by atoms with Gasteiger partial charge in [0.15, 0.2) is 0 Å². The third-order valence-corrected chi connectivity index (χ3v) is 1.74. The average molecular weight is 200 g/mol. The fourth-order valence-corrected chi connectivity index (χ4v) is 1.05. The van der Waals surface area contributed by atoms with E-state index < -0.39 is 5.97 Å². The van der Waals surface area contributed by atoms with Crippen LogP contribution in [0.3, 0.4) is 0 Å². The summed E-state index contributed by atoms with van der Waals surface area (Å²) in [6, 6.07) is 10.4. The molecule has 4 heteroatoms. The summed E-state index contributed by atoms with van der Waals surface area (Å²) in [5.74, 6) is -0.457. The first-order chi connectivity index (χ1) is 7.36. The Kier molecular flexibility index (Phi) is 2.69. The summed E-state index contributed by atoms with van der Waals surface area (Å²) in [4.78, 5) is 19.1. The molecule has 0 N–H and O–H groups in total. The highest BCUT2D eigenvalue weighted by atomic mass is 16.5. The maximum absolute atomic E-state index is 11.5. The summed E-state index contributed by atoms with van der Waals surface area (Å²) in [7, 11) is 0. The number of carbonyl (C=O) groups excluding carboxylic acids is 1. The lowest BCUT2D eigenvalue weighted by Gasteiger charge is -2.00. The highest BCUT2D eigenvalue weighted by Gasteiger charge is 2.08. The quantitative estimate of drug-likeness (QED) is 0.692. The van der Waals surface area contributed by atoms with Crippen LogP contribution in [0.5, 0.6) is 6.01 Å². The molecular weight excluding hydrogens is 192 g/mol. The molecule has 0 bridgehead atoms. The molecule has 0 aliphatic heterocycles. The summed E-state index contributed by atoms with van der Waals surface area (Å²) >= 11 is 0. The molecule has 74 valence electrons. The molecule has 0 atom stereocenters. The van der Waals surface area contributed by atoms with Gasteiger partial charge < -0.3 is 4.74 Å². The molecule has 0 saturated carbocycles. The van der Waals surface area contributed by atoms with E-state index in [9.17, 15) is 4.79 Å². The topological polar surface area (TPSA) is 52.1 Å². The zero-order valence-corrected chi connectivity index (χ0v) is 7.83. The maximum atomic E-state index is 11.5. The van der Waals surface area contributed by atoms with Crippen LogP contribution >= 0.6 is 0 Å². The molecule has 0 saturated heterocycles. The lowest BCUT2D eigenvalue weighted by atomic mass is 10.2. The minimum atomic E-state index is -0.457. The molecule has 0 aliphatic rings. The summed E-state index contributed by atoms with van der Waals surface area (Å²) < 4.78 is 4.94. The van der Waals surface area contributed by atoms with Crippen LogP contribution < -0.4 is 4.74 Å². The van der Waals surface area contributed by atoms with Gasteiger partial charge in [0.25, 0.3) is 0 Å². The van der Waals surface area contributed by atoms with E-state index in [1.54, 1.807) is 30.3 Å². The summed E-state index contributed by atoms with van der Waals surface area (Å²) in [5.41, 5.74) is 0.477. The van der Waals surface area contributed by atoms with Gasteiger partial charge in [-0.1, -0.05) is 18.2 Å². The van der Waals surface area contributed by atoms with Crippen molar-refractivity contribution in [3.8, 4) is 6.01 Å². The monoisotopic (exact) mass is 200 g/mol. The van der Waals surface area contributed by atoms with Crippen molar-refractivity contribution in [1.82, 2.24) is 9.97 Å². The minimum Gasteiger partial charge on any atom is -0.387 e. The number of nitrogens with zero attached hydrogens (tertiary/aromatic N) is 2. The van der Waals surface area contributed by atoms with E-state index in [-0.39, 0.29) is 6.01 Å². The SMILES string of the molecule is O=C(Oc1ncccn1)c1ccccc1. The molecule has 0 aliphatic carbocycles. The molecule has 0 amide bonds. The molecule has 0 unspecified atom stereocenters. The number of esters is 1. The first kappa shape index (κ1) is 9.33. The smallest absolute Gasteiger partial charge is 0.345 e. The van der Waals surface area contributed by atoms with Crippen molar-refractivity contribution < 1.29 is 9.53 Å². The van der Waals surface area contributed by atoms with Crippen LogP contribution in [-0.2, 0) is 0 Å². The molecule has 0 spiro atoms. The van der Waals surface area contributed by atoms with Gasteiger partial charge in [-0.15, -0.1) is 0 Å². The van der Waals surface area contributed by atoms with E-state index in [1.165, 1.54) is 12.4 Å². The molecule has 0 radical (unpaired) electrons. The molecule has 15 heavy (non-hydrogen) atoms. The number of aromatic nitrogens is 2. The van der Waals surface area contributed by atoms with Crippen molar-refractivity contribution in [2.75, 3.05) is 0 Å². The molecular formula is C11H8N2O2. The van der Waals surface area contributed by atoms with E-state index in [2.05, 4.69) is 9.97 Å². The van der Waals surface area contributed by atoms with Gasteiger partial charge in [-0.25, -0.2) is 14.8 Å². The van der Waals surface area contributed by atoms with Gasteiger partial charge in [-0.3, -0.25) is 0 Å². The second kappa shape index (κ2) is 4.32. The number of hydrogen-bond acceptors (Lipinski definition) is 4. The second-order valence-electron chi connectivity index (χ2n) is 2.79. The standard InChI is InChI=1S/C11H8N2O2/c14-10(9-5-2-1-3-6-9)15-11-12-7-4-8-13-11/h1-8H. The van der Waals surface area contributed by atoms with Gasteiger partial charge >= 0.3 is 12.0 Å². The van der Waals surface area contributed by atoms with Crippen LogP contribution in [0.15, 0.2) is 48.8 Å². The minimum absolute atomic E-state index is 0.0614. The van der Waals surface area contributed by atoms with Crippen molar-refractivity contribution in [2.45, 2.75) is 0 Å². The largest absolute Gasteiger partial charge is 0.387 e. The Balaban J connectivity index is 2.12. The highest BCUT2D eigenvalue weighted by Crippen LogP contribution is 2.04. The lowest BCUT2D eigenvalue weighted by molar-refractivity contribution is 0.0719. The fourth-order valence-electron chi connectivity index (χ4n) is 1.05. The molecule has 0 fully saturated rings. The van der Waals surface area contributed by atoms with Gasteiger partial charge in [0, 0.05) is 12.4 Å². The van der Waals surface area contributed by atoms with Gasteiger partial charge in [0.05, 0.1) is 5.56 Å². The number of benzene rings is 1. The highest BCUT2D eigenvalue weighted by molar-refractivity contribution is 5.90. The molecule has 2 aromatic rings. The summed E-state index contributed by atoms with van der Waals surface area (Å²) in [5, 5.41) is 0. The third-order valence-electron chi connectivity index (χ3n) is 1.74. The normalized spacial score (nSPS) is 9.60. The van der Waals surface area contributed by atoms with Crippen LogP contribution in [0.25, 0.3) is 0 Å². The Morgan fingerprint density at radius 3 is 2.33 bits per heavy atom. The number of ether oxygens (including phenoxy) is 1. The fraction of sp³-hybridized carbons (Fsp3) is 0. The van der Waals surface area contributed by atoms with E-state index in [0.717, 1.165) is 0 Å². The molecule has 4 nitrogen and oxygen atoms in total. The van der Waals surface area contributed by atoms with Crippen molar-refractivity contribution in [3.05, 3.63) is 54.4 Å². The number of rotatable bonds is 2. The lowest BCUT2D eigenvalue weighted by Crippen LogP contribution is -2.09. The molecule has 1 heterocycles. The Hall–Kier alpha value is -2.23. The van der Waals surface area contributed by atoms with Gasteiger partial charge in [0.1, 0.15) is 0 Å². The van der Waals surface area contributed by atoms with Crippen LogP contribution in [-0.4, -0.2) is 15.9 Å². The molecule has 1 aromatic heterocycles.